The number of carbonyl (C=O) groups excluding carboxylic acids is 2. The number of amides is 2. The molecule has 8 nitrogen and oxygen atoms in total. The lowest BCUT2D eigenvalue weighted by atomic mass is 9.89. The Hall–Kier alpha value is -3.93. The summed E-state index contributed by atoms with van der Waals surface area (Å²) < 4.78 is 20.1. The predicted octanol–water partition coefficient (Wildman–Crippen LogP) is 4.12. The molecular weight excluding hydrogens is 485 g/mol. The lowest BCUT2D eigenvalue weighted by molar-refractivity contribution is -0.132. The molecule has 0 spiro atoms. The van der Waals surface area contributed by atoms with Crippen LogP contribution >= 0.6 is 0 Å². The van der Waals surface area contributed by atoms with E-state index < -0.39 is 29.0 Å². The van der Waals surface area contributed by atoms with Gasteiger partial charge in [0.1, 0.15) is 17.2 Å². The quantitative estimate of drug-likeness (QED) is 0.618. The van der Waals surface area contributed by atoms with Crippen molar-refractivity contribution in [1.29, 1.82) is 5.26 Å². The molecule has 2 heterocycles. The summed E-state index contributed by atoms with van der Waals surface area (Å²) in [6, 6.07) is 12.6. The number of nitrogens with one attached hydrogen (secondary N) is 1. The van der Waals surface area contributed by atoms with Crippen molar-refractivity contribution in [3.8, 4) is 11.8 Å². The van der Waals surface area contributed by atoms with Crippen LogP contribution in [-0.2, 0) is 9.59 Å². The molecule has 3 aliphatic rings. The topological polar surface area (TPSA) is 121 Å². The first-order valence-electron chi connectivity index (χ1n) is 12.8. The van der Waals surface area contributed by atoms with Crippen molar-refractivity contribution in [1.82, 2.24) is 10.2 Å². The minimum absolute atomic E-state index is 0.111. The first kappa shape index (κ1) is 25.7. The fourth-order valence-electron chi connectivity index (χ4n) is 5.76. The number of rotatable bonds is 5. The van der Waals surface area contributed by atoms with E-state index in [0.717, 1.165) is 5.56 Å². The van der Waals surface area contributed by atoms with Gasteiger partial charge in [0, 0.05) is 17.9 Å². The summed E-state index contributed by atoms with van der Waals surface area (Å²) in [5.74, 6) is -0.676. The van der Waals surface area contributed by atoms with Gasteiger partial charge in [-0.2, -0.15) is 5.26 Å². The predicted molar refractivity (Wildman–Crippen MR) is 139 cm³/mol. The molecule has 198 valence electrons. The molecule has 0 radical (unpaired) electrons. The zero-order valence-corrected chi connectivity index (χ0v) is 22.0. The molecular formula is C29H32FN5O3. The molecule has 0 aromatic heterocycles. The Morgan fingerprint density at radius 1 is 1.26 bits per heavy atom. The second-order valence-corrected chi connectivity index (χ2v) is 11.7. The van der Waals surface area contributed by atoms with Crippen LogP contribution in [0.1, 0.15) is 75.7 Å². The number of carbonyl (C=O) groups is 2. The SMILES string of the molecule is CC1(C)CC(=O)N(C(c2cccc(C#N)c2)C2C[C@H]2C(=O)NC2CC(C)(C)Oc3ccc(F)cc32)C(N)=N1. The van der Waals surface area contributed by atoms with E-state index in [0.29, 0.717) is 29.7 Å². The number of fused-ring (bicyclic) bond motifs is 1. The molecule has 2 aliphatic heterocycles. The van der Waals surface area contributed by atoms with Crippen LogP contribution in [0.25, 0.3) is 0 Å². The van der Waals surface area contributed by atoms with E-state index in [1.165, 1.54) is 17.0 Å². The smallest absolute Gasteiger partial charge is 0.232 e. The molecule has 1 saturated carbocycles. The molecule has 4 atom stereocenters. The minimum Gasteiger partial charge on any atom is -0.487 e. The Balaban J connectivity index is 1.43. The highest BCUT2D eigenvalue weighted by molar-refractivity contribution is 5.99. The van der Waals surface area contributed by atoms with Gasteiger partial charge in [-0.1, -0.05) is 12.1 Å². The lowest BCUT2D eigenvalue weighted by Crippen LogP contribution is -2.52. The average molecular weight is 518 g/mol. The van der Waals surface area contributed by atoms with Crippen LogP contribution in [0.2, 0.25) is 0 Å². The van der Waals surface area contributed by atoms with Crippen molar-refractivity contribution in [3.63, 3.8) is 0 Å². The fraction of sp³-hybridized carbons (Fsp3) is 0.448. The molecule has 9 heteroatoms. The van der Waals surface area contributed by atoms with Gasteiger partial charge >= 0.3 is 0 Å². The Bertz CT molecular complexity index is 1380. The van der Waals surface area contributed by atoms with Crippen molar-refractivity contribution in [2.75, 3.05) is 0 Å². The first-order chi connectivity index (χ1) is 17.9. The number of benzene rings is 2. The maximum atomic E-state index is 14.1. The molecule has 0 bridgehead atoms. The number of ether oxygens (including phenoxy) is 1. The molecule has 38 heavy (non-hydrogen) atoms. The van der Waals surface area contributed by atoms with E-state index in [1.807, 2.05) is 33.8 Å². The maximum absolute atomic E-state index is 14.1. The summed E-state index contributed by atoms with van der Waals surface area (Å²) in [4.78, 5) is 32.9. The number of halogens is 1. The highest BCUT2D eigenvalue weighted by Crippen LogP contribution is 2.52. The largest absolute Gasteiger partial charge is 0.487 e. The van der Waals surface area contributed by atoms with Crippen LogP contribution in [-0.4, -0.2) is 33.8 Å². The minimum atomic E-state index is -0.616. The van der Waals surface area contributed by atoms with Gasteiger partial charge in [-0.05, 0) is 75.9 Å². The third-order valence-electron chi connectivity index (χ3n) is 7.48. The van der Waals surface area contributed by atoms with Gasteiger partial charge in [0.25, 0.3) is 0 Å². The summed E-state index contributed by atoms with van der Waals surface area (Å²) in [5, 5.41) is 12.6. The molecule has 2 amide bonds. The summed E-state index contributed by atoms with van der Waals surface area (Å²) >= 11 is 0. The number of aliphatic imine (C=N–C) groups is 1. The third kappa shape index (κ3) is 4.95. The number of guanidine groups is 1. The second kappa shape index (κ2) is 9.12. The number of hydrogen-bond donors (Lipinski definition) is 2. The van der Waals surface area contributed by atoms with E-state index in [4.69, 9.17) is 10.5 Å². The lowest BCUT2D eigenvalue weighted by Gasteiger charge is -2.39. The van der Waals surface area contributed by atoms with Gasteiger partial charge in [0.15, 0.2) is 5.96 Å². The zero-order valence-electron chi connectivity index (χ0n) is 22.0. The molecule has 1 fully saturated rings. The Kier molecular flexibility index (Phi) is 6.17. The summed E-state index contributed by atoms with van der Waals surface area (Å²) in [6.07, 6.45) is 1.21. The third-order valence-corrected chi connectivity index (χ3v) is 7.48. The Labute approximate surface area is 221 Å². The van der Waals surface area contributed by atoms with Gasteiger partial charge in [-0.25, -0.2) is 9.38 Å². The van der Waals surface area contributed by atoms with Crippen LogP contribution in [0.3, 0.4) is 0 Å². The highest BCUT2D eigenvalue weighted by Gasteiger charge is 2.53. The van der Waals surface area contributed by atoms with Crippen LogP contribution in [0.5, 0.6) is 5.75 Å². The average Bonchev–Trinajstić information content (AvgIpc) is 3.61. The van der Waals surface area contributed by atoms with Crippen molar-refractivity contribution in [3.05, 3.63) is 65.0 Å². The summed E-state index contributed by atoms with van der Waals surface area (Å²) in [6.45, 7) is 7.57. The van der Waals surface area contributed by atoms with E-state index in [2.05, 4.69) is 16.4 Å². The fourth-order valence-corrected chi connectivity index (χ4v) is 5.76. The van der Waals surface area contributed by atoms with E-state index >= 15 is 0 Å². The van der Waals surface area contributed by atoms with E-state index in [-0.39, 0.29) is 36.0 Å². The van der Waals surface area contributed by atoms with Gasteiger partial charge in [0.05, 0.1) is 35.7 Å². The molecule has 1 aliphatic carbocycles. The maximum Gasteiger partial charge on any atom is 0.232 e. The zero-order chi connectivity index (χ0) is 27.4. The van der Waals surface area contributed by atoms with Crippen molar-refractivity contribution in [2.24, 2.45) is 22.6 Å². The van der Waals surface area contributed by atoms with E-state index in [1.54, 1.807) is 24.3 Å². The van der Waals surface area contributed by atoms with Gasteiger partial charge in [-0.3, -0.25) is 14.5 Å². The molecule has 2 aromatic carbocycles. The van der Waals surface area contributed by atoms with Gasteiger partial charge in [0.2, 0.25) is 11.8 Å². The molecule has 2 aromatic rings. The molecule has 3 unspecified atom stereocenters. The van der Waals surface area contributed by atoms with E-state index in [9.17, 15) is 19.2 Å². The normalized spacial score (nSPS) is 25.8. The standard InChI is InChI=1S/C29H32FN5O3/c1-28(2)14-24(36)35(27(32)34-28)25(17-7-5-6-16(10-17)15-31)19-12-20(19)26(37)33-22-13-29(3,4)38-23-9-8-18(30)11-21(22)23/h5-11,19-20,22,25H,12-14H2,1-4H3,(H2,32,34)(H,33,37)/t19?,20-,22?,25?/m1/s1. The summed E-state index contributed by atoms with van der Waals surface area (Å²) in [5.41, 5.74) is 6.97. The first-order valence-corrected chi connectivity index (χ1v) is 12.8. The second-order valence-electron chi connectivity index (χ2n) is 11.7. The molecule has 5 rings (SSSR count). The van der Waals surface area contributed by atoms with Crippen molar-refractivity contribution < 1.29 is 18.7 Å². The number of hydrogen-bond acceptors (Lipinski definition) is 6. The van der Waals surface area contributed by atoms with Gasteiger partial charge in [-0.15, -0.1) is 0 Å². The highest BCUT2D eigenvalue weighted by atomic mass is 19.1. The molecule has 3 N–H and O–H groups in total. The number of nitrogens with zero attached hydrogens (tertiary/aromatic N) is 3. The molecule has 0 saturated heterocycles. The van der Waals surface area contributed by atoms with Crippen LogP contribution in [0, 0.1) is 29.0 Å². The monoisotopic (exact) mass is 517 g/mol. The number of nitrogens with two attached hydrogens (primary N) is 1. The van der Waals surface area contributed by atoms with Gasteiger partial charge < -0.3 is 15.8 Å². The van der Waals surface area contributed by atoms with Crippen LogP contribution < -0.4 is 15.8 Å². The Morgan fingerprint density at radius 3 is 2.74 bits per heavy atom. The number of nitriles is 1. The van der Waals surface area contributed by atoms with Crippen molar-refractivity contribution >= 4 is 17.8 Å². The Morgan fingerprint density at radius 2 is 2.03 bits per heavy atom. The van der Waals surface area contributed by atoms with Crippen LogP contribution in [0.4, 0.5) is 4.39 Å². The van der Waals surface area contributed by atoms with Crippen LogP contribution in [0.15, 0.2) is 47.5 Å². The van der Waals surface area contributed by atoms with Crippen molar-refractivity contribution in [2.45, 2.75) is 70.2 Å². The summed E-state index contributed by atoms with van der Waals surface area (Å²) in [7, 11) is 0.